The van der Waals surface area contributed by atoms with Gasteiger partial charge < -0.3 is 0 Å². The Morgan fingerprint density at radius 2 is 1.72 bits per heavy atom. The summed E-state index contributed by atoms with van der Waals surface area (Å²) in [4.78, 5) is 2.37. The van der Waals surface area contributed by atoms with E-state index in [0.717, 1.165) is 38.0 Å². The first-order valence-electron chi connectivity index (χ1n) is 6.33. The van der Waals surface area contributed by atoms with E-state index in [1.807, 2.05) is 6.07 Å². The lowest BCUT2D eigenvalue weighted by atomic mass is 10.2. The first-order chi connectivity index (χ1) is 8.67. The molecule has 0 saturated carbocycles. The summed E-state index contributed by atoms with van der Waals surface area (Å²) in [5.74, 6) is 6.32. The van der Waals surface area contributed by atoms with Gasteiger partial charge in [-0.1, -0.05) is 48.9 Å². The summed E-state index contributed by atoms with van der Waals surface area (Å²) in [7, 11) is 0. The van der Waals surface area contributed by atoms with Gasteiger partial charge in [-0.15, -0.1) is 0 Å². The molecular formula is C15H19Cl2N. The number of benzene rings is 1. The number of nitrogens with zero attached hydrogens (tertiary/aromatic N) is 1. The highest BCUT2D eigenvalue weighted by Crippen LogP contribution is 2.21. The van der Waals surface area contributed by atoms with Gasteiger partial charge in [0.1, 0.15) is 0 Å². The third-order valence-electron chi connectivity index (χ3n) is 2.53. The second kappa shape index (κ2) is 8.43. The number of rotatable bonds is 5. The molecule has 0 amide bonds. The van der Waals surface area contributed by atoms with Crippen LogP contribution in [-0.4, -0.2) is 24.5 Å². The number of hydrogen-bond donors (Lipinski definition) is 0. The van der Waals surface area contributed by atoms with Crippen LogP contribution in [-0.2, 0) is 0 Å². The van der Waals surface area contributed by atoms with Gasteiger partial charge in [-0.05, 0) is 44.1 Å². The lowest BCUT2D eigenvalue weighted by molar-refractivity contribution is 0.308. The maximum Gasteiger partial charge on any atom is 0.0605 e. The van der Waals surface area contributed by atoms with Gasteiger partial charge in [-0.3, -0.25) is 4.90 Å². The Bertz CT molecular complexity index is 426. The highest BCUT2D eigenvalue weighted by atomic mass is 35.5. The molecule has 0 radical (unpaired) electrons. The van der Waals surface area contributed by atoms with Crippen molar-refractivity contribution in [1.82, 2.24) is 4.90 Å². The molecule has 0 aliphatic rings. The summed E-state index contributed by atoms with van der Waals surface area (Å²) < 4.78 is 0. The van der Waals surface area contributed by atoms with Crippen LogP contribution in [0.15, 0.2) is 18.2 Å². The molecule has 1 aromatic carbocycles. The summed E-state index contributed by atoms with van der Waals surface area (Å²) in [5, 5.41) is 1.13. The minimum Gasteiger partial charge on any atom is -0.292 e. The van der Waals surface area contributed by atoms with Crippen molar-refractivity contribution in [1.29, 1.82) is 0 Å². The van der Waals surface area contributed by atoms with Gasteiger partial charge in [-0.2, -0.15) is 0 Å². The standard InChI is InChI=1S/C15H19Cl2N/c1-3-9-18(10-4-2)11-5-6-13-7-8-14(16)15(17)12-13/h7-8,12H,3-4,9-11H2,1-2H3. The molecule has 1 aromatic rings. The van der Waals surface area contributed by atoms with Gasteiger partial charge in [0.05, 0.1) is 16.6 Å². The van der Waals surface area contributed by atoms with E-state index in [-0.39, 0.29) is 0 Å². The fourth-order valence-corrected chi connectivity index (χ4v) is 2.03. The van der Waals surface area contributed by atoms with Crippen molar-refractivity contribution >= 4 is 23.2 Å². The Hall–Kier alpha value is -0.680. The van der Waals surface area contributed by atoms with E-state index in [1.165, 1.54) is 0 Å². The fraction of sp³-hybridized carbons (Fsp3) is 0.467. The quantitative estimate of drug-likeness (QED) is 0.721. The molecular weight excluding hydrogens is 265 g/mol. The average molecular weight is 284 g/mol. The topological polar surface area (TPSA) is 3.24 Å². The third-order valence-corrected chi connectivity index (χ3v) is 3.27. The van der Waals surface area contributed by atoms with Crippen molar-refractivity contribution in [2.24, 2.45) is 0 Å². The first kappa shape index (κ1) is 15.4. The summed E-state index contributed by atoms with van der Waals surface area (Å²) >= 11 is 11.8. The second-order valence-corrected chi connectivity index (χ2v) is 5.02. The summed E-state index contributed by atoms with van der Waals surface area (Å²) in [6.07, 6.45) is 2.32. The highest BCUT2D eigenvalue weighted by Gasteiger charge is 1.99. The van der Waals surface area contributed by atoms with Crippen LogP contribution >= 0.6 is 23.2 Å². The van der Waals surface area contributed by atoms with E-state index in [2.05, 4.69) is 30.6 Å². The van der Waals surface area contributed by atoms with Crippen LogP contribution in [0.4, 0.5) is 0 Å². The molecule has 0 bridgehead atoms. The maximum absolute atomic E-state index is 5.94. The Balaban J connectivity index is 2.60. The van der Waals surface area contributed by atoms with Gasteiger partial charge in [0, 0.05) is 5.56 Å². The molecule has 0 spiro atoms. The Morgan fingerprint density at radius 3 is 2.28 bits per heavy atom. The molecule has 0 aromatic heterocycles. The molecule has 0 unspecified atom stereocenters. The van der Waals surface area contributed by atoms with Gasteiger partial charge in [-0.25, -0.2) is 0 Å². The van der Waals surface area contributed by atoms with Gasteiger partial charge in [0.2, 0.25) is 0 Å². The highest BCUT2D eigenvalue weighted by molar-refractivity contribution is 6.42. The van der Waals surface area contributed by atoms with Crippen molar-refractivity contribution < 1.29 is 0 Å². The molecule has 0 aliphatic heterocycles. The second-order valence-electron chi connectivity index (χ2n) is 4.21. The smallest absolute Gasteiger partial charge is 0.0605 e. The van der Waals surface area contributed by atoms with E-state index in [1.54, 1.807) is 12.1 Å². The zero-order chi connectivity index (χ0) is 13.4. The monoisotopic (exact) mass is 283 g/mol. The summed E-state index contributed by atoms with van der Waals surface area (Å²) in [5.41, 5.74) is 0.914. The molecule has 1 nitrogen and oxygen atoms in total. The van der Waals surface area contributed by atoms with E-state index in [0.29, 0.717) is 10.0 Å². The van der Waals surface area contributed by atoms with E-state index < -0.39 is 0 Å². The van der Waals surface area contributed by atoms with Crippen LogP contribution in [0.2, 0.25) is 10.0 Å². The van der Waals surface area contributed by atoms with E-state index in [9.17, 15) is 0 Å². The minimum atomic E-state index is 0.558. The normalized spacial score (nSPS) is 10.3. The van der Waals surface area contributed by atoms with Gasteiger partial charge in [0.25, 0.3) is 0 Å². The minimum absolute atomic E-state index is 0.558. The van der Waals surface area contributed by atoms with Crippen LogP contribution in [0.3, 0.4) is 0 Å². The fourth-order valence-electron chi connectivity index (χ4n) is 1.73. The van der Waals surface area contributed by atoms with Crippen LogP contribution in [0.1, 0.15) is 32.3 Å². The zero-order valence-corrected chi connectivity index (χ0v) is 12.5. The van der Waals surface area contributed by atoms with Gasteiger partial charge >= 0.3 is 0 Å². The largest absolute Gasteiger partial charge is 0.292 e. The predicted octanol–water partition coefficient (Wildman–Crippen LogP) is 4.47. The van der Waals surface area contributed by atoms with Crippen LogP contribution in [0.25, 0.3) is 0 Å². The molecule has 0 saturated heterocycles. The van der Waals surface area contributed by atoms with Crippen molar-refractivity contribution in [2.45, 2.75) is 26.7 Å². The van der Waals surface area contributed by atoms with Crippen molar-refractivity contribution in [3.8, 4) is 11.8 Å². The number of hydrogen-bond acceptors (Lipinski definition) is 1. The third kappa shape index (κ3) is 5.31. The van der Waals surface area contributed by atoms with E-state index in [4.69, 9.17) is 23.2 Å². The molecule has 18 heavy (non-hydrogen) atoms. The Morgan fingerprint density at radius 1 is 1.06 bits per heavy atom. The Labute approximate surface area is 120 Å². The molecule has 0 atom stereocenters. The SMILES string of the molecule is CCCN(CC#Cc1ccc(Cl)c(Cl)c1)CCC. The summed E-state index contributed by atoms with van der Waals surface area (Å²) in [6, 6.07) is 5.48. The van der Waals surface area contributed by atoms with E-state index >= 15 is 0 Å². The van der Waals surface area contributed by atoms with Crippen molar-refractivity contribution in [3.63, 3.8) is 0 Å². The molecule has 0 N–H and O–H groups in total. The van der Waals surface area contributed by atoms with Crippen LogP contribution in [0, 0.1) is 11.8 Å². The molecule has 3 heteroatoms. The van der Waals surface area contributed by atoms with Crippen molar-refractivity contribution in [2.75, 3.05) is 19.6 Å². The molecule has 98 valence electrons. The maximum atomic E-state index is 5.94. The van der Waals surface area contributed by atoms with Crippen molar-refractivity contribution in [3.05, 3.63) is 33.8 Å². The van der Waals surface area contributed by atoms with Gasteiger partial charge in [0.15, 0.2) is 0 Å². The van der Waals surface area contributed by atoms with Crippen LogP contribution < -0.4 is 0 Å². The average Bonchev–Trinajstić information content (AvgIpc) is 2.34. The first-order valence-corrected chi connectivity index (χ1v) is 7.09. The lowest BCUT2D eigenvalue weighted by Gasteiger charge is -2.17. The summed E-state index contributed by atoms with van der Waals surface area (Å²) in [6.45, 7) is 7.39. The van der Waals surface area contributed by atoms with Crippen LogP contribution in [0.5, 0.6) is 0 Å². The number of halogens is 2. The molecule has 0 heterocycles. The molecule has 1 rings (SSSR count). The Kier molecular flexibility index (Phi) is 7.20. The zero-order valence-electron chi connectivity index (χ0n) is 11.0. The predicted molar refractivity (Wildman–Crippen MR) is 80.4 cm³/mol. The molecule has 0 fully saturated rings. The lowest BCUT2D eigenvalue weighted by Crippen LogP contribution is -2.25. The molecule has 0 aliphatic carbocycles.